The number of halogens is 1. The van der Waals surface area contributed by atoms with E-state index in [9.17, 15) is 0 Å². The van der Waals surface area contributed by atoms with Crippen molar-refractivity contribution in [2.24, 2.45) is 0 Å². The van der Waals surface area contributed by atoms with Crippen LogP contribution in [0.2, 0.25) is 5.02 Å². The number of pyridine rings is 1. The molecule has 2 rings (SSSR count). The predicted octanol–water partition coefficient (Wildman–Crippen LogP) is 3.55. The van der Waals surface area contributed by atoms with Crippen LogP contribution in [0.25, 0.3) is 10.9 Å². The highest BCUT2D eigenvalue weighted by Crippen LogP contribution is 2.28. The molecule has 1 heterocycles. The second-order valence-electron chi connectivity index (χ2n) is 3.68. The van der Waals surface area contributed by atoms with Crippen LogP contribution in [-0.4, -0.2) is 12.0 Å². The highest BCUT2D eigenvalue weighted by molar-refractivity contribution is 6.32. The van der Waals surface area contributed by atoms with Crippen LogP contribution < -0.4 is 5.32 Å². The molecule has 0 spiro atoms. The van der Waals surface area contributed by atoms with Gasteiger partial charge in [0.05, 0.1) is 5.52 Å². The van der Waals surface area contributed by atoms with E-state index in [1.54, 1.807) is 0 Å². The van der Waals surface area contributed by atoms with Gasteiger partial charge >= 0.3 is 0 Å². The summed E-state index contributed by atoms with van der Waals surface area (Å²) >= 11 is 6.08. The van der Waals surface area contributed by atoms with Gasteiger partial charge < -0.3 is 5.32 Å². The third kappa shape index (κ3) is 1.77. The molecule has 0 fully saturated rings. The molecule has 0 amide bonds. The third-order valence-corrected chi connectivity index (χ3v) is 2.89. The Morgan fingerprint density at radius 3 is 2.60 bits per heavy atom. The van der Waals surface area contributed by atoms with E-state index in [-0.39, 0.29) is 0 Å². The number of aryl methyl sites for hydroxylation is 2. The third-order valence-electron chi connectivity index (χ3n) is 2.49. The van der Waals surface area contributed by atoms with Crippen molar-refractivity contribution in [1.82, 2.24) is 4.98 Å². The van der Waals surface area contributed by atoms with Crippen molar-refractivity contribution in [3.63, 3.8) is 0 Å². The van der Waals surface area contributed by atoms with Gasteiger partial charge in [-0.1, -0.05) is 11.6 Å². The molecule has 0 aliphatic heterocycles. The molecule has 0 unspecified atom stereocenters. The molecule has 1 aromatic carbocycles. The molecule has 78 valence electrons. The fraction of sp³-hybridized carbons (Fsp3) is 0.250. The molecule has 1 N–H and O–H groups in total. The van der Waals surface area contributed by atoms with Crippen molar-refractivity contribution in [3.8, 4) is 0 Å². The molecule has 0 bridgehead atoms. The second-order valence-corrected chi connectivity index (χ2v) is 4.09. The molecule has 0 atom stereocenters. The Hall–Kier alpha value is -1.28. The first kappa shape index (κ1) is 10.2. The Kier molecular flexibility index (Phi) is 2.53. The maximum atomic E-state index is 6.08. The largest absolute Gasteiger partial charge is 0.388 e. The zero-order valence-electron chi connectivity index (χ0n) is 9.06. The fourth-order valence-corrected chi connectivity index (χ4v) is 1.85. The number of benzene rings is 1. The lowest BCUT2D eigenvalue weighted by molar-refractivity contribution is 1.25. The van der Waals surface area contributed by atoms with Gasteiger partial charge in [0.15, 0.2) is 0 Å². The number of nitrogens with one attached hydrogen (secondary N) is 1. The molecule has 0 saturated carbocycles. The van der Waals surface area contributed by atoms with E-state index >= 15 is 0 Å². The Morgan fingerprint density at radius 2 is 1.93 bits per heavy atom. The van der Waals surface area contributed by atoms with E-state index in [0.29, 0.717) is 0 Å². The van der Waals surface area contributed by atoms with Crippen LogP contribution >= 0.6 is 11.6 Å². The van der Waals surface area contributed by atoms with E-state index in [0.717, 1.165) is 32.9 Å². The topological polar surface area (TPSA) is 24.9 Å². The lowest BCUT2D eigenvalue weighted by Gasteiger charge is -2.08. The smallest absolute Gasteiger partial charge is 0.0740 e. The average molecular weight is 221 g/mol. The van der Waals surface area contributed by atoms with Gasteiger partial charge in [-0.25, -0.2) is 0 Å². The van der Waals surface area contributed by atoms with Gasteiger partial charge in [0.25, 0.3) is 0 Å². The van der Waals surface area contributed by atoms with E-state index in [2.05, 4.69) is 16.4 Å². The molecular formula is C12H13ClN2. The van der Waals surface area contributed by atoms with Crippen molar-refractivity contribution in [2.75, 3.05) is 12.4 Å². The quantitative estimate of drug-likeness (QED) is 0.795. The summed E-state index contributed by atoms with van der Waals surface area (Å²) < 4.78 is 0. The second kappa shape index (κ2) is 3.70. The SMILES string of the molecule is CNc1cc(C)nc2cc(Cl)c(C)cc12. The zero-order valence-corrected chi connectivity index (χ0v) is 9.81. The summed E-state index contributed by atoms with van der Waals surface area (Å²) in [6.07, 6.45) is 0. The van der Waals surface area contributed by atoms with Crippen LogP contribution in [0, 0.1) is 13.8 Å². The Labute approximate surface area is 94.3 Å². The number of rotatable bonds is 1. The van der Waals surface area contributed by atoms with Crippen LogP contribution in [0.5, 0.6) is 0 Å². The summed E-state index contributed by atoms with van der Waals surface area (Å²) in [6.45, 7) is 3.98. The first-order chi connectivity index (χ1) is 7.11. The lowest BCUT2D eigenvalue weighted by atomic mass is 10.1. The molecule has 1 aromatic heterocycles. The first-order valence-corrected chi connectivity index (χ1v) is 5.25. The molecule has 2 nitrogen and oxygen atoms in total. The number of anilines is 1. The van der Waals surface area contributed by atoms with Crippen LogP contribution in [0.4, 0.5) is 5.69 Å². The number of fused-ring (bicyclic) bond motifs is 1. The highest BCUT2D eigenvalue weighted by atomic mass is 35.5. The maximum absolute atomic E-state index is 6.08. The Bertz CT molecular complexity index is 521. The van der Waals surface area contributed by atoms with Gasteiger partial charge in [-0.2, -0.15) is 0 Å². The molecule has 3 heteroatoms. The van der Waals surface area contributed by atoms with Crippen molar-refractivity contribution in [1.29, 1.82) is 0 Å². The minimum absolute atomic E-state index is 0.766. The molecule has 15 heavy (non-hydrogen) atoms. The fourth-order valence-electron chi connectivity index (χ4n) is 1.69. The van der Waals surface area contributed by atoms with Gasteiger partial charge in [0, 0.05) is 28.8 Å². The normalized spacial score (nSPS) is 10.7. The minimum atomic E-state index is 0.766. The summed E-state index contributed by atoms with van der Waals surface area (Å²) in [6, 6.07) is 6.02. The van der Waals surface area contributed by atoms with E-state index in [1.165, 1.54) is 0 Å². The number of nitrogens with zero attached hydrogens (tertiary/aromatic N) is 1. The predicted molar refractivity (Wildman–Crippen MR) is 65.8 cm³/mol. The summed E-state index contributed by atoms with van der Waals surface area (Å²) in [5.74, 6) is 0. The van der Waals surface area contributed by atoms with Crippen molar-refractivity contribution in [2.45, 2.75) is 13.8 Å². The lowest BCUT2D eigenvalue weighted by Crippen LogP contribution is -1.94. The van der Waals surface area contributed by atoms with Gasteiger partial charge in [0.2, 0.25) is 0 Å². The summed E-state index contributed by atoms with van der Waals surface area (Å²) in [5, 5.41) is 5.06. The molecule has 0 aliphatic rings. The monoisotopic (exact) mass is 220 g/mol. The number of hydrogen-bond acceptors (Lipinski definition) is 2. The zero-order chi connectivity index (χ0) is 11.0. The van der Waals surface area contributed by atoms with Crippen LogP contribution in [-0.2, 0) is 0 Å². The summed E-state index contributed by atoms with van der Waals surface area (Å²) in [5.41, 5.74) is 4.10. The minimum Gasteiger partial charge on any atom is -0.388 e. The van der Waals surface area contributed by atoms with Crippen LogP contribution in [0.3, 0.4) is 0 Å². The molecule has 2 aromatic rings. The number of aromatic nitrogens is 1. The van der Waals surface area contributed by atoms with E-state index in [4.69, 9.17) is 11.6 Å². The standard InChI is InChI=1S/C12H13ClN2/c1-7-4-9-11(14-3)5-8(2)15-12(9)6-10(7)13/h4-6H,1-3H3,(H,14,15). The summed E-state index contributed by atoms with van der Waals surface area (Å²) in [7, 11) is 1.91. The average Bonchev–Trinajstić information content (AvgIpc) is 2.19. The molecule has 0 saturated heterocycles. The van der Waals surface area contributed by atoms with E-state index < -0.39 is 0 Å². The van der Waals surface area contributed by atoms with Gasteiger partial charge in [0.1, 0.15) is 0 Å². The molecule has 0 aliphatic carbocycles. The van der Waals surface area contributed by atoms with Crippen LogP contribution in [0.15, 0.2) is 18.2 Å². The van der Waals surface area contributed by atoms with Crippen molar-refractivity contribution >= 4 is 28.2 Å². The van der Waals surface area contributed by atoms with Crippen molar-refractivity contribution < 1.29 is 0 Å². The highest BCUT2D eigenvalue weighted by Gasteiger charge is 2.05. The Morgan fingerprint density at radius 1 is 1.20 bits per heavy atom. The Balaban J connectivity index is 2.84. The number of hydrogen-bond donors (Lipinski definition) is 1. The summed E-state index contributed by atoms with van der Waals surface area (Å²) in [4.78, 5) is 4.46. The van der Waals surface area contributed by atoms with Crippen LogP contribution in [0.1, 0.15) is 11.3 Å². The van der Waals surface area contributed by atoms with E-state index in [1.807, 2.05) is 33.0 Å². The van der Waals surface area contributed by atoms with Gasteiger partial charge in [-0.05, 0) is 37.6 Å². The van der Waals surface area contributed by atoms with Crippen molar-refractivity contribution in [3.05, 3.63) is 34.5 Å². The molecule has 0 radical (unpaired) electrons. The maximum Gasteiger partial charge on any atom is 0.0740 e. The van der Waals surface area contributed by atoms with Gasteiger partial charge in [-0.3, -0.25) is 4.98 Å². The molecular weight excluding hydrogens is 208 g/mol. The first-order valence-electron chi connectivity index (χ1n) is 4.87. The van der Waals surface area contributed by atoms with Gasteiger partial charge in [-0.15, -0.1) is 0 Å².